The minimum absolute atomic E-state index is 0.113. The van der Waals surface area contributed by atoms with E-state index < -0.39 is 12.0 Å². The van der Waals surface area contributed by atoms with Gasteiger partial charge in [-0.2, -0.15) is 0 Å². The van der Waals surface area contributed by atoms with E-state index in [0.717, 1.165) is 5.56 Å². The number of aliphatic imine (C=N–C) groups is 1. The van der Waals surface area contributed by atoms with Crippen LogP contribution in [0.3, 0.4) is 0 Å². The molecule has 11 nitrogen and oxygen atoms in total. The SMILES string of the molecule is O=C(O)c1cc(Oc2ccc(NC3=NCC(Nc4ccon4)C(=O)N3Cc3ccc(Cl)cc3)cc2)ccn1. The molecule has 192 valence electrons. The van der Waals surface area contributed by atoms with Gasteiger partial charge in [-0.1, -0.05) is 28.9 Å². The lowest BCUT2D eigenvalue weighted by atomic mass is 10.1. The van der Waals surface area contributed by atoms with Gasteiger partial charge in [0, 0.05) is 29.0 Å². The summed E-state index contributed by atoms with van der Waals surface area (Å²) in [5.41, 5.74) is 1.44. The molecular formula is C26H21ClN6O5. The van der Waals surface area contributed by atoms with Crippen molar-refractivity contribution in [2.75, 3.05) is 17.2 Å². The van der Waals surface area contributed by atoms with E-state index >= 15 is 0 Å². The predicted molar refractivity (Wildman–Crippen MR) is 140 cm³/mol. The topological polar surface area (TPSA) is 142 Å². The van der Waals surface area contributed by atoms with Gasteiger partial charge in [-0.15, -0.1) is 0 Å². The Bertz CT molecular complexity index is 1460. The molecule has 1 unspecified atom stereocenters. The number of aromatic carboxylic acids is 1. The fourth-order valence-electron chi connectivity index (χ4n) is 3.70. The Labute approximate surface area is 221 Å². The highest BCUT2D eigenvalue weighted by Crippen LogP contribution is 2.24. The Kier molecular flexibility index (Phi) is 7.18. The molecule has 3 N–H and O–H groups in total. The Hall–Kier alpha value is -4.90. The van der Waals surface area contributed by atoms with Crippen LogP contribution in [0.1, 0.15) is 16.1 Å². The van der Waals surface area contributed by atoms with Crippen molar-refractivity contribution < 1.29 is 24.0 Å². The molecule has 2 aromatic heterocycles. The Balaban J connectivity index is 1.32. The summed E-state index contributed by atoms with van der Waals surface area (Å²) in [7, 11) is 0. The van der Waals surface area contributed by atoms with Gasteiger partial charge in [-0.25, -0.2) is 14.8 Å². The zero-order chi connectivity index (χ0) is 26.5. The summed E-state index contributed by atoms with van der Waals surface area (Å²) >= 11 is 6.03. The predicted octanol–water partition coefficient (Wildman–Crippen LogP) is 4.50. The number of hydrogen-bond acceptors (Lipinski definition) is 9. The molecular weight excluding hydrogens is 512 g/mol. The standard InChI is InChI=1S/C26H21ClN6O5/c27-17-3-1-16(2-4-17)15-33-24(34)22(31-23-10-12-37-32-23)14-29-26(33)30-18-5-7-19(8-6-18)38-20-9-11-28-21(13-20)25(35)36/h1-13,22H,14-15H2,(H,29,30)(H,31,32)(H,35,36). The summed E-state index contributed by atoms with van der Waals surface area (Å²) in [4.78, 5) is 34.5. The highest BCUT2D eigenvalue weighted by atomic mass is 35.5. The first-order chi connectivity index (χ1) is 18.4. The minimum Gasteiger partial charge on any atom is -0.477 e. The maximum atomic E-state index is 13.4. The summed E-state index contributed by atoms with van der Waals surface area (Å²) in [6, 6.07) is 18.1. The first kappa shape index (κ1) is 24.8. The number of pyridine rings is 1. The molecule has 0 radical (unpaired) electrons. The fourth-order valence-corrected chi connectivity index (χ4v) is 3.83. The Morgan fingerprint density at radius 3 is 2.61 bits per heavy atom. The van der Waals surface area contributed by atoms with E-state index in [0.29, 0.717) is 34.0 Å². The number of hydrogen-bond donors (Lipinski definition) is 3. The third-order valence-electron chi connectivity index (χ3n) is 5.55. The number of rotatable bonds is 8. The lowest BCUT2D eigenvalue weighted by molar-refractivity contribution is -0.129. The van der Waals surface area contributed by atoms with E-state index in [-0.39, 0.29) is 24.7 Å². The van der Waals surface area contributed by atoms with E-state index in [2.05, 4.69) is 25.8 Å². The second kappa shape index (κ2) is 11.0. The maximum absolute atomic E-state index is 13.4. The van der Waals surface area contributed by atoms with Crippen LogP contribution in [0.5, 0.6) is 11.5 Å². The van der Waals surface area contributed by atoms with Crippen molar-refractivity contribution in [2.45, 2.75) is 12.6 Å². The molecule has 0 aliphatic carbocycles. The van der Waals surface area contributed by atoms with Gasteiger partial charge in [0.25, 0.3) is 5.91 Å². The van der Waals surface area contributed by atoms with Crippen LogP contribution in [0, 0.1) is 0 Å². The van der Waals surface area contributed by atoms with Crippen LogP contribution in [0.25, 0.3) is 0 Å². The van der Waals surface area contributed by atoms with Gasteiger partial charge in [0.05, 0.1) is 13.1 Å². The maximum Gasteiger partial charge on any atom is 0.354 e. The molecule has 0 saturated heterocycles. The third-order valence-corrected chi connectivity index (χ3v) is 5.81. The fraction of sp³-hybridized carbons (Fsp3) is 0.115. The van der Waals surface area contributed by atoms with Crippen LogP contribution >= 0.6 is 11.6 Å². The second-order valence-corrected chi connectivity index (χ2v) is 8.67. The van der Waals surface area contributed by atoms with E-state index in [1.54, 1.807) is 53.4 Å². The minimum atomic E-state index is -1.14. The van der Waals surface area contributed by atoms with Crippen molar-refractivity contribution in [1.82, 2.24) is 15.0 Å². The molecule has 12 heteroatoms. The molecule has 1 aliphatic rings. The number of carbonyl (C=O) groups is 2. The van der Waals surface area contributed by atoms with Crippen molar-refractivity contribution in [2.24, 2.45) is 4.99 Å². The first-order valence-corrected chi connectivity index (χ1v) is 11.8. The third kappa shape index (κ3) is 5.90. The zero-order valence-corrected chi connectivity index (χ0v) is 20.5. The number of benzene rings is 2. The van der Waals surface area contributed by atoms with E-state index in [1.165, 1.54) is 18.5 Å². The molecule has 3 heterocycles. The lowest BCUT2D eigenvalue weighted by Gasteiger charge is -2.32. The van der Waals surface area contributed by atoms with Crippen molar-refractivity contribution in [3.8, 4) is 11.5 Å². The molecule has 5 rings (SSSR count). The normalized spacial score (nSPS) is 15.1. The number of amides is 1. The largest absolute Gasteiger partial charge is 0.477 e. The molecule has 2 aromatic carbocycles. The molecule has 0 saturated carbocycles. The van der Waals surface area contributed by atoms with Crippen LogP contribution in [0.15, 0.2) is 88.7 Å². The lowest BCUT2D eigenvalue weighted by Crippen LogP contribution is -2.53. The Morgan fingerprint density at radius 2 is 1.89 bits per heavy atom. The number of carbonyl (C=O) groups excluding carboxylic acids is 1. The molecule has 0 fully saturated rings. The number of guanidine groups is 1. The smallest absolute Gasteiger partial charge is 0.354 e. The van der Waals surface area contributed by atoms with Gasteiger partial charge in [0.15, 0.2) is 11.5 Å². The van der Waals surface area contributed by atoms with Crippen molar-refractivity contribution in [3.05, 3.63) is 95.5 Å². The first-order valence-electron chi connectivity index (χ1n) is 11.5. The number of anilines is 2. The quantitative estimate of drug-likeness (QED) is 0.299. The number of nitrogens with one attached hydrogen (secondary N) is 2. The van der Waals surface area contributed by atoms with E-state index in [1.807, 2.05) is 12.1 Å². The second-order valence-electron chi connectivity index (χ2n) is 8.23. The summed E-state index contributed by atoms with van der Waals surface area (Å²) < 4.78 is 10.6. The number of aromatic nitrogens is 2. The monoisotopic (exact) mass is 532 g/mol. The molecule has 38 heavy (non-hydrogen) atoms. The molecule has 1 aliphatic heterocycles. The van der Waals surface area contributed by atoms with E-state index in [4.69, 9.17) is 26.0 Å². The average Bonchev–Trinajstić information content (AvgIpc) is 3.43. The average molecular weight is 533 g/mol. The Morgan fingerprint density at radius 1 is 1.11 bits per heavy atom. The van der Waals surface area contributed by atoms with Crippen molar-refractivity contribution >= 4 is 40.9 Å². The number of carboxylic acid groups (broad SMARTS) is 1. The van der Waals surface area contributed by atoms with Gasteiger partial charge < -0.3 is 25.0 Å². The number of halogens is 1. The summed E-state index contributed by atoms with van der Waals surface area (Å²) in [6.45, 7) is 0.467. The van der Waals surface area contributed by atoms with Crippen molar-refractivity contribution in [1.29, 1.82) is 0 Å². The van der Waals surface area contributed by atoms with Gasteiger partial charge in [0.2, 0.25) is 5.96 Å². The van der Waals surface area contributed by atoms with Crippen LogP contribution in [-0.4, -0.2) is 50.6 Å². The van der Waals surface area contributed by atoms with Gasteiger partial charge in [-0.05, 0) is 48.0 Å². The molecule has 0 bridgehead atoms. The molecule has 1 amide bonds. The van der Waals surface area contributed by atoms with Gasteiger partial charge in [-0.3, -0.25) is 9.69 Å². The van der Waals surface area contributed by atoms with Gasteiger partial charge >= 0.3 is 5.97 Å². The molecule has 1 atom stereocenters. The summed E-state index contributed by atoms with van der Waals surface area (Å²) in [5, 5.41) is 19.8. The van der Waals surface area contributed by atoms with E-state index in [9.17, 15) is 9.59 Å². The van der Waals surface area contributed by atoms with Gasteiger partial charge in [0.1, 0.15) is 23.8 Å². The van der Waals surface area contributed by atoms with Crippen LogP contribution in [-0.2, 0) is 11.3 Å². The highest BCUT2D eigenvalue weighted by molar-refractivity contribution is 6.30. The van der Waals surface area contributed by atoms with Crippen molar-refractivity contribution in [3.63, 3.8) is 0 Å². The van der Waals surface area contributed by atoms with Crippen LogP contribution < -0.4 is 15.4 Å². The van der Waals surface area contributed by atoms with Crippen LogP contribution in [0.4, 0.5) is 11.5 Å². The number of nitrogens with zero attached hydrogens (tertiary/aromatic N) is 4. The number of carboxylic acids is 1. The van der Waals surface area contributed by atoms with Crippen LogP contribution in [0.2, 0.25) is 5.02 Å². The zero-order valence-electron chi connectivity index (χ0n) is 19.7. The summed E-state index contributed by atoms with van der Waals surface area (Å²) in [5.74, 6) is 0.347. The molecule has 0 spiro atoms. The number of ether oxygens (including phenoxy) is 1. The summed E-state index contributed by atoms with van der Waals surface area (Å²) in [6.07, 6.45) is 2.79. The molecule has 4 aromatic rings. The highest BCUT2D eigenvalue weighted by Gasteiger charge is 2.32.